The van der Waals surface area contributed by atoms with Crippen molar-refractivity contribution in [1.29, 1.82) is 0 Å². The molecular formula is C22H22N4O4. The summed E-state index contributed by atoms with van der Waals surface area (Å²) in [5, 5.41) is 10.0. The fraction of sp³-hybridized carbons (Fsp3) is 0.227. The molecule has 4 rings (SSSR count). The van der Waals surface area contributed by atoms with Crippen molar-refractivity contribution in [2.75, 3.05) is 17.2 Å². The highest BCUT2D eigenvalue weighted by Crippen LogP contribution is 2.40. The number of nitrogens with one attached hydrogen (secondary N) is 3. The molecule has 0 saturated carbocycles. The fourth-order valence-electron chi connectivity index (χ4n) is 3.10. The fourth-order valence-corrected chi connectivity index (χ4v) is 3.10. The molecule has 154 valence electrons. The van der Waals surface area contributed by atoms with E-state index in [0.29, 0.717) is 28.8 Å². The van der Waals surface area contributed by atoms with Crippen LogP contribution < -0.4 is 25.4 Å². The number of aromatic nitrogens is 1. The number of anilines is 2. The first-order valence-corrected chi connectivity index (χ1v) is 9.52. The summed E-state index contributed by atoms with van der Waals surface area (Å²) < 4.78 is 11.7. The third-order valence-electron chi connectivity index (χ3n) is 4.34. The third-order valence-corrected chi connectivity index (χ3v) is 4.34. The van der Waals surface area contributed by atoms with Crippen LogP contribution in [0.3, 0.4) is 0 Å². The molecule has 2 heterocycles. The van der Waals surface area contributed by atoms with E-state index < -0.39 is 11.6 Å². The van der Waals surface area contributed by atoms with Gasteiger partial charge in [-0.05, 0) is 32.9 Å². The Morgan fingerprint density at radius 3 is 2.47 bits per heavy atom. The molecule has 0 radical (unpaired) electrons. The average Bonchev–Trinajstić information content (AvgIpc) is 2.69. The van der Waals surface area contributed by atoms with E-state index in [0.717, 1.165) is 10.8 Å². The predicted molar refractivity (Wildman–Crippen MR) is 114 cm³/mol. The number of rotatable bonds is 3. The van der Waals surface area contributed by atoms with Crippen LogP contribution in [0.15, 0.2) is 48.7 Å². The van der Waals surface area contributed by atoms with Gasteiger partial charge in [-0.15, -0.1) is 0 Å². The molecule has 0 saturated heterocycles. The van der Waals surface area contributed by atoms with Gasteiger partial charge in [-0.25, -0.2) is 9.78 Å². The van der Waals surface area contributed by atoms with E-state index in [1.807, 2.05) is 45.0 Å². The van der Waals surface area contributed by atoms with Crippen LogP contribution in [0.25, 0.3) is 10.8 Å². The normalized spacial score (nSPS) is 13.1. The van der Waals surface area contributed by atoms with Crippen LogP contribution >= 0.6 is 0 Å². The van der Waals surface area contributed by atoms with E-state index >= 15 is 0 Å². The number of ether oxygens (including phenoxy) is 2. The molecule has 0 atom stereocenters. The number of benzene rings is 2. The minimum Gasteiger partial charge on any atom is -0.454 e. The van der Waals surface area contributed by atoms with Crippen LogP contribution in [0.1, 0.15) is 20.8 Å². The second-order valence-corrected chi connectivity index (χ2v) is 7.91. The summed E-state index contributed by atoms with van der Waals surface area (Å²) in [5.74, 6) is 1.83. The number of carbonyl (C=O) groups excluding carboxylic acids is 2. The van der Waals surface area contributed by atoms with E-state index in [9.17, 15) is 9.59 Å². The van der Waals surface area contributed by atoms with Crippen molar-refractivity contribution in [3.8, 4) is 17.2 Å². The van der Waals surface area contributed by atoms with Gasteiger partial charge in [-0.1, -0.05) is 24.3 Å². The minimum atomic E-state index is -0.529. The molecule has 8 nitrogen and oxygen atoms in total. The van der Waals surface area contributed by atoms with Crippen molar-refractivity contribution in [1.82, 2.24) is 10.3 Å². The van der Waals surface area contributed by atoms with Crippen molar-refractivity contribution < 1.29 is 19.1 Å². The number of hydrogen-bond donors (Lipinski definition) is 3. The molecule has 8 heteroatoms. The summed E-state index contributed by atoms with van der Waals surface area (Å²) >= 11 is 0. The predicted octanol–water partition coefficient (Wildman–Crippen LogP) is 4.28. The second kappa shape index (κ2) is 7.55. The summed E-state index contributed by atoms with van der Waals surface area (Å²) in [6.45, 7) is 5.81. The van der Waals surface area contributed by atoms with Gasteiger partial charge in [-0.2, -0.15) is 0 Å². The Hall–Kier alpha value is -3.81. The Kier molecular flexibility index (Phi) is 4.91. The van der Waals surface area contributed by atoms with Crippen LogP contribution in [-0.2, 0) is 4.79 Å². The highest BCUT2D eigenvalue weighted by Gasteiger charge is 2.21. The Balaban J connectivity index is 1.68. The molecule has 0 bridgehead atoms. The largest absolute Gasteiger partial charge is 0.454 e. The Bertz CT molecular complexity index is 1140. The number of carbonyl (C=O) groups is 2. The van der Waals surface area contributed by atoms with Crippen molar-refractivity contribution >= 4 is 34.3 Å². The molecule has 0 spiro atoms. The first-order chi connectivity index (χ1) is 14.3. The molecule has 3 aromatic rings. The number of pyridine rings is 1. The molecule has 3 N–H and O–H groups in total. The van der Waals surface area contributed by atoms with Gasteiger partial charge in [-0.3, -0.25) is 4.79 Å². The molecule has 30 heavy (non-hydrogen) atoms. The van der Waals surface area contributed by atoms with Gasteiger partial charge in [0, 0.05) is 28.6 Å². The van der Waals surface area contributed by atoms with Crippen molar-refractivity contribution in [2.45, 2.75) is 26.3 Å². The number of fused-ring (bicyclic) bond motifs is 2. The Morgan fingerprint density at radius 1 is 1.03 bits per heavy atom. The molecule has 1 aromatic heterocycles. The summed E-state index contributed by atoms with van der Waals surface area (Å²) in [5.41, 5.74) is 0.0807. The smallest absolute Gasteiger partial charge is 0.413 e. The molecule has 0 aliphatic carbocycles. The van der Waals surface area contributed by atoms with E-state index in [1.54, 1.807) is 24.4 Å². The quantitative estimate of drug-likeness (QED) is 0.600. The zero-order chi connectivity index (χ0) is 21.3. The lowest BCUT2D eigenvalue weighted by atomic mass is 10.1. The molecular weight excluding hydrogens is 384 g/mol. The monoisotopic (exact) mass is 406 g/mol. The SMILES string of the molecule is CC(C)(C)NC(=O)Oc1ccc(Oc2ccnc3c2NC(=O)CN3)c2ccccc12. The van der Waals surface area contributed by atoms with Crippen LogP contribution in [0, 0.1) is 0 Å². The average molecular weight is 406 g/mol. The number of amides is 2. The van der Waals surface area contributed by atoms with E-state index in [4.69, 9.17) is 9.47 Å². The van der Waals surface area contributed by atoms with Crippen molar-refractivity contribution in [2.24, 2.45) is 0 Å². The van der Waals surface area contributed by atoms with E-state index in [2.05, 4.69) is 20.9 Å². The summed E-state index contributed by atoms with van der Waals surface area (Å²) in [6, 6.07) is 12.6. The van der Waals surface area contributed by atoms with Crippen LogP contribution in [0.2, 0.25) is 0 Å². The maximum atomic E-state index is 12.2. The van der Waals surface area contributed by atoms with Crippen LogP contribution in [0.5, 0.6) is 17.2 Å². The van der Waals surface area contributed by atoms with E-state index in [1.165, 1.54) is 0 Å². The Morgan fingerprint density at radius 2 is 1.73 bits per heavy atom. The zero-order valence-electron chi connectivity index (χ0n) is 16.9. The van der Waals surface area contributed by atoms with Crippen LogP contribution in [-0.4, -0.2) is 29.1 Å². The maximum Gasteiger partial charge on any atom is 0.413 e. The minimum absolute atomic E-state index is 0.162. The summed E-state index contributed by atoms with van der Waals surface area (Å²) in [7, 11) is 0. The van der Waals surface area contributed by atoms with Gasteiger partial charge in [0.25, 0.3) is 0 Å². The number of nitrogens with zero attached hydrogens (tertiary/aromatic N) is 1. The van der Waals surface area contributed by atoms with Gasteiger partial charge >= 0.3 is 6.09 Å². The first-order valence-electron chi connectivity index (χ1n) is 9.52. The Labute approximate surface area is 173 Å². The first kappa shape index (κ1) is 19.5. The van der Waals surface area contributed by atoms with Gasteiger partial charge in [0.1, 0.15) is 17.2 Å². The lowest BCUT2D eigenvalue weighted by Crippen LogP contribution is -2.42. The van der Waals surface area contributed by atoms with Crippen molar-refractivity contribution in [3.05, 3.63) is 48.7 Å². The van der Waals surface area contributed by atoms with Gasteiger partial charge < -0.3 is 25.4 Å². The van der Waals surface area contributed by atoms with Crippen LogP contribution in [0.4, 0.5) is 16.3 Å². The lowest BCUT2D eigenvalue weighted by Gasteiger charge is -2.21. The van der Waals surface area contributed by atoms with Gasteiger partial charge in [0.05, 0.1) is 6.54 Å². The summed E-state index contributed by atoms with van der Waals surface area (Å²) in [6.07, 6.45) is 1.08. The second-order valence-electron chi connectivity index (χ2n) is 7.91. The highest BCUT2D eigenvalue weighted by molar-refractivity contribution is 6.01. The van der Waals surface area contributed by atoms with E-state index in [-0.39, 0.29) is 12.5 Å². The third kappa shape index (κ3) is 4.12. The molecule has 1 aliphatic rings. The molecule has 2 aromatic carbocycles. The lowest BCUT2D eigenvalue weighted by molar-refractivity contribution is -0.114. The molecule has 0 fully saturated rings. The maximum absolute atomic E-state index is 12.2. The summed E-state index contributed by atoms with van der Waals surface area (Å²) in [4.78, 5) is 28.2. The van der Waals surface area contributed by atoms with Gasteiger partial charge in [0.15, 0.2) is 11.6 Å². The molecule has 1 aliphatic heterocycles. The van der Waals surface area contributed by atoms with Crippen molar-refractivity contribution in [3.63, 3.8) is 0 Å². The molecule has 2 amide bonds. The molecule has 0 unspecified atom stereocenters. The zero-order valence-corrected chi connectivity index (χ0v) is 16.9. The number of hydrogen-bond acceptors (Lipinski definition) is 6. The highest BCUT2D eigenvalue weighted by atomic mass is 16.6. The topological polar surface area (TPSA) is 102 Å². The van der Waals surface area contributed by atoms with Gasteiger partial charge in [0.2, 0.25) is 5.91 Å². The standard InChI is InChI=1S/C22H22N4O4/c1-22(2,3)26-21(28)30-16-9-8-15(13-6-4-5-7-14(13)16)29-17-10-11-23-20-19(17)25-18(27)12-24-20/h4-11H,12H2,1-3H3,(H,23,24)(H,25,27)(H,26,28).